The Morgan fingerprint density at radius 2 is 2.05 bits per heavy atom. The van der Waals surface area contributed by atoms with Gasteiger partial charge in [-0.25, -0.2) is 0 Å². The average molecular weight is 288 g/mol. The van der Waals surface area contributed by atoms with Crippen molar-refractivity contribution in [1.29, 1.82) is 0 Å². The Morgan fingerprint density at radius 3 is 2.85 bits per heavy atom. The van der Waals surface area contributed by atoms with E-state index in [0.717, 1.165) is 30.3 Å². The molecule has 0 bridgehead atoms. The van der Waals surface area contributed by atoms with Crippen LogP contribution in [0.25, 0.3) is 11.1 Å². The van der Waals surface area contributed by atoms with Crippen LogP contribution in [0, 0.1) is 6.92 Å². The average Bonchev–Trinajstić information content (AvgIpc) is 2.51. The largest absolute Gasteiger partial charge is 0.371 e. The first kappa shape index (κ1) is 13.6. The Hall–Kier alpha value is -1.35. The van der Waals surface area contributed by atoms with E-state index in [2.05, 4.69) is 42.6 Å². The summed E-state index contributed by atoms with van der Waals surface area (Å²) in [5.74, 6) is 0. The number of rotatable bonds is 2. The van der Waals surface area contributed by atoms with Crippen molar-refractivity contribution in [2.24, 2.45) is 0 Å². The molecule has 3 heteroatoms. The molecule has 0 aromatic heterocycles. The molecule has 1 aliphatic heterocycles. The van der Waals surface area contributed by atoms with Crippen molar-refractivity contribution in [2.45, 2.75) is 13.0 Å². The highest BCUT2D eigenvalue weighted by Gasteiger charge is 2.16. The minimum atomic E-state index is 0.142. The zero-order chi connectivity index (χ0) is 13.9. The van der Waals surface area contributed by atoms with Gasteiger partial charge in [-0.3, -0.25) is 0 Å². The summed E-state index contributed by atoms with van der Waals surface area (Å²) in [5, 5.41) is 4.18. The van der Waals surface area contributed by atoms with Gasteiger partial charge in [0, 0.05) is 18.1 Å². The van der Waals surface area contributed by atoms with E-state index in [1.165, 1.54) is 16.7 Å². The lowest BCUT2D eigenvalue weighted by Gasteiger charge is -2.24. The number of nitrogens with one attached hydrogen (secondary N) is 1. The van der Waals surface area contributed by atoms with Crippen molar-refractivity contribution in [3.63, 3.8) is 0 Å². The summed E-state index contributed by atoms with van der Waals surface area (Å²) in [6.07, 6.45) is 0.142. The fourth-order valence-corrected chi connectivity index (χ4v) is 2.78. The molecule has 0 saturated carbocycles. The van der Waals surface area contributed by atoms with E-state index in [0.29, 0.717) is 0 Å². The number of hydrogen-bond acceptors (Lipinski definition) is 2. The Kier molecular flexibility index (Phi) is 4.06. The molecule has 104 valence electrons. The highest BCUT2D eigenvalue weighted by Crippen LogP contribution is 2.30. The normalized spacial score (nSPS) is 19.0. The first-order valence-electron chi connectivity index (χ1n) is 6.93. The molecule has 20 heavy (non-hydrogen) atoms. The van der Waals surface area contributed by atoms with Crippen LogP contribution in [0.5, 0.6) is 0 Å². The molecule has 2 aromatic rings. The van der Waals surface area contributed by atoms with Crippen LogP contribution in [0.2, 0.25) is 5.02 Å². The number of ether oxygens (including phenoxy) is 1. The molecular weight excluding hydrogens is 270 g/mol. The highest BCUT2D eigenvalue weighted by molar-refractivity contribution is 6.31. The van der Waals surface area contributed by atoms with E-state index in [9.17, 15) is 0 Å². The van der Waals surface area contributed by atoms with Crippen LogP contribution < -0.4 is 5.32 Å². The van der Waals surface area contributed by atoms with Gasteiger partial charge in [-0.2, -0.15) is 0 Å². The lowest BCUT2D eigenvalue weighted by molar-refractivity contribution is 0.0277. The van der Waals surface area contributed by atoms with Crippen LogP contribution in [0.1, 0.15) is 17.2 Å². The molecule has 1 aliphatic rings. The van der Waals surface area contributed by atoms with E-state index < -0.39 is 0 Å². The minimum absolute atomic E-state index is 0.142. The van der Waals surface area contributed by atoms with Crippen molar-refractivity contribution < 1.29 is 4.74 Å². The summed E-state index contributed by atoms with van der Waals surface area (Å²) < 4.78 is 5.82. The van der Waals surface area contributed by atoms with Crippen molar-refractivity contribution >= 4 is 11.6 Å². The maximum absolute atomic E-state index is 6.22. The summed E-state index contributed by atoms with van der Waals surface area (Å²) in [7, 11) is 0. The molecule has 2 aromatic carbocycles. The van der Waals surface area contributed by atoms with Gasteiger partial charge in [0.15, 0.2) is 0 Å². The Labute approximate surface area is 124 Å². The second-order valence-corrected chi connectivity index (χ2v) is 5.51. The van der Waals surface area contributed by atoms with E-state index in [1.807, 2.05) is 12.1 Å². The smallest absolute Gasteiger partial charge is 0.0950 e. The van der Waals surface area contributed by atoms with Crippen LogP contribution in [0.3, 0.4) is 0 Å². The van der Waals surface area contributed by atoms with Crippen molar-refractivity contribution in [1.82, 2.24) is 5.32 Å². The van der Waals surface area contributed by atoms with Gasteiger partial charge < -0.3 is 10.1 Å². The lowest BCUT2D eigenvalue weighted by atomic mass is 9.97. The predicted octanol–water partition coefficient (Wildman–Crippen LogP) is 3.98. The molecule has 2 nitrogen and oxygen atoms in total. The topological polar surface area (TPSA) is 21.3 Å². The quantitative estimate of drug-likeness (QED) is 0.902. The molecular formula is C17H18ClNO. The van der Waals surface area contributed by atoms with E-state index >= 15 is 0 Å². The van der Waals surface area contributed by atoms with Crippen LogP contribution in [0.15, 0.2) is 42.5 Å². The van der Waals surface area contributed by atoms with Gasteiger partial charge in [-0.1, -0.05) is 41.9 Å². The van der Waals surface area contributed by atoms with Gasteiger partial charge in [-0.15, -0.1) is 0 Å². The summed E-state index contributed by atoms with van der Waals surface area (Å²) in [6.45, 7) is 4.63. The third-order valence-electron chi connectivity index (χ3n) is 3.76. The molecule has 1 unspecified atom stereocenters. The van der Waals surface area contributed by atoms with Crippen LogP contribution >= 0.6 is 11.6 Å². The predicted molar refractivity (Wildman–Crippen MR) is 83.2 cm³/mol. The SMILES string of the molecule is Cc1c(Cl)cccc1-c1cccc(C2CNCCO2)c1. The van der Waals surface area contributed by atoms with Gasteiger partial charge in [0.25, 0.3) is 0 Å². The second-order valence-electron chi connectivity index (χ2n) is 5.10. The number of benzene rings is 2. The molecule has 1 saturated heterocycles. The monoisotopic (exact) mass is 287 g/mol. The van der Waals surface area contributed by atoms with Crippen molar-refractivity contribution in [3.05, 3.63) is 58.6 Å². The highest BCUT2D eigenvalue weighted by atomic mass is 35.5. The van der Waals surface area contributed by atoms with Crippen molar-refractivity contribution in [3.8, 4) is 11.1 Å². The lowest BCUT2D eigenvalue weighted by Crippen LogP contribution is -2.33. The molecule has 1 atom stereocenters. The Morgan fingerprint density at radius 1 is 1.20 bits per heavy atom. The Bertz CT molecular complexity index is 606. The van der Waals surface area contributed by atoms with Crippen LogP contribution in [0.4, 0.5) is 0 Å². The minimum Gasteiger partial charge on any atom is -0.371 e. The maximum atomic E-state index is 6.22. The molecule has 0 aliphatic carbocycles. The number of hydrogen-bond donors (Lipinski definition) is 1. The molecule has 1 heterocycles. The molecule has 3 rings (SSSR count). The van der Waals surface area contributed by atoms with Crippen LogP contribution in [-0.2, 0) is 4.74 Å². The summed E-state index contributed by atoms with van der Waals surface area (Å²) in [4.78, 5) is 0. The fraction of sp³-hybridized carbons (Fsp3) is 0.294. The van der Waals surface area contributed by atoms with Gasteiger partial charge in [0.2, 0.25) is 0 Å². The van der Waals surface area contributed by atoms with Crippen molar-refractivity contribution in [2.75, 3.05) is 19.7 Å². The van der Waals surface area contributed by atoms with Crippen LogP contribution in [-0.4, -0.2) is 19.7 Å². The standard InChI is InChI=1S/C17H18ClNO/c1-12-15(6-3-7-16(12)18)13-4-2-5-14(10-13)17-11-19-8-9-20-17/h2-7,10,17,19H,8-9,11H2,1H3. The molecule has 1 N–H and O–H groups in total. The molecule has 0 amide bonds. The maximum Gasteiger partial charge on any atom is 0.0950 e. The van der Waals surface area contributed by atoms with Gasteiger partial charge in [0.1, 0.15) is 0 Å². The number of morpholine rings is 1. The third kappa shape index (κ3) is 2.73. The van der Waals surface area contributed by atoms with Gasteiger partial charge >= 0.3 is 0 Å². The van der Waals surface area contributed by atoms with Gasteiger partial charge in [0.05, 0.1) is 12.7 Å². The first-order chi connectivity index (χ1) is 9.75. The number of halogens is 1. The zero-order valence-corrected chi connectivity index (χ0v) is 12.3. The Balaban J connectivity index is 1.96. The summed E-state index contributed by atoms with van der Waals surface area (Å²) in [6, 6.07) is 14.6. The molecule has 1 fully saturated rings. The molecule has 0 radical (unpaired) electrons. The summed E-state index contributed by atoms with van der Waals surface area (Å²) in [5.41, 5.74) is 4.71. The molecule has 0 spiro atoms. The zero-order valence-electron chi connectivity index (χ0n) is 11.5. The van der Waals surface area contributed by atoms with E-state index in [4.69, 9.17) is 16.3 Å². The third-order valence-corrected chi connectivity index (χ3v) is 4.17. The first-order valence-corrected chi connectivity index (χ1v) is 7.31. The van der Waals surface area contributed by atoms with E-state index in [-0.39, 0.29) is 6.10 Å². The van der Waals surface area contributed by atoms with Gasteiger partial charge in [-0.05, 0) is 41.3 Å². The summed E-state index contributed by atoms with van der Waals surface area (Å²) >= 11 is 6.22. The second kappa shape index (κ2) is 5.96. The van der Waals surface area contributed by atoms with E-state index in [1.54, 1.807) is 0 Å². The fourth-order valence-electron chi connectivity index (χ4n) is 2.61.